The SMILES string of the molecule is c1ccc(-c2ccccc2N(c2ccc3c(c2)-c2ccccc2-c2ccccc2O3)c2ccc3c(c2)C2(c4ccccc4-c4ccccc4-3)c3ccccc3-c3c2c2ccccc2c2ccccc32)cc1. The number of nitrogens with zero attached hydrogens (tertiary/aromatic N) is 1. The van der Waals surface area contributed by atoms with E-state index in [0.29, 0.717) is 0 Å². The first-order valence-electron chi connectivity index (χ1n) is 24.6. The lowest BCUT2D eigenvalue weighted by molar-refractivity contribution is 0.488. The zero-order valence-corrected chi connectivity index (χ0v) is 38.7. The van der Waals surface area contributed by atoms with Gasteiger partial charge in [0.15, 0.2) is 0 Å². The zero-order chi connectivity index (χ0) is 46.6. The monoisotopic (exact) mass is 901 g/mol. The van der Waals surface area contributed by atoms with Crippen LogP contribution in [-0.2, 0) is 5.41 Å². The van der Waals surface area contributed by atoms with Crippen LogP contribution in [0.1, 0.15) is 22.3 Å². The third kappa shape index (κ3) is 5.65. The summed E-state index contributed by atoms with van der Waals surface area (Å²) < 4.78 is 6.86. The molecule has 0 saturated carbocycles. The summed E-state index contributed by atoms with van der Waals surface area (Å²) in [4.78, 5) is 2.49. The standard InChI is InChI=1S/C69H43NO/c1-2-20-44(21-3-1)47-22-14-18-36-64(47)70(45-39-41-66-60(42-45)53-28-7-6-25-50(53)56-30-15-19-37-65(56)71-66)46-38-40-55-49-24-5-4-23-48(49)54-29-12-16-34-61(54)69(63(55)43-46)62-35-17-13-33-59(62)67-57-31-10-8-26-51(57)52-27-9-11-32-58(52)68(67)69/h1-43H. The maximum Gasteiger partial charge on any atom is 0.135 e. The molecule has 1 heterocycles. The van der Waals surface area contributed by atoms with Gasteiger partial charge in [-0.2, -0.15) is 0 Å². The van der Waals surface area contributed by atoms with Crippen molar-refractivity contribution in [2.75, 3.05) is 4.90 Å². The Labute approximate surface area is 413 Å². The number of hydrogen-bond acceptors (Lipinski definition) is 2. The molecule has 2 nitrogen and oxygen atoms in total. The Morgan fingerprint density at radius 3 is 1.48 bits per heavy atom. The summed E-state index contributed by atoms with van der Waals surface area (Å²) in [5.74, 6) is 1.68. The van der Waals surface area contributed by atoms with Crippen LogP contribution in [0.3, 0.4) is 0 Å². The summed E-state index contributed by atoms with van der Waals surface area (Å²) in [7, 11) is 0. The summed E-state index contributed by atoms with van der Waals surface area (Å²) >= 11 is 0. The van der Waals surface area contributed by atoms with E-state index in [1.807, 2.05) is 0 Å². The molecule has 3 aliphatic rings. The molecule has 2 heteroatoms. The molecule has 0 bridgehead atoms. The molecule has 12 aromatic carbocycles. The zero-order valence-electron chi connectivity index (χ0n) is 38.7. The Kier molecular flexibility index (Phi) is 8.61. The molecule has 0 radical (unpaired) electrons. The highest BCUT2D eigenvalue weighted by molar-refractivity contribution is 6.20. The molecule has 0 saturated heterocycles. The van der Waals surface area contributed by atoms with Crippen molar-refractivity contribution in [1.82, 2.24) is 0 Å². The first kappa shape index (κ1) is 39.7. The molecule has 1 atom stereocenters. The minimum absolute atomic E-state index is 0.729. The van der Waals surface area contributed by atoms with E-state index in [1.54, 1.807) is 0 Å². The van der Waals surface area contributed by atoms with Gasteiger partial charge < -0.3 is 9.64 Å². The van der Waals surface area contributed by atoms with Crippen LogP contribution < -0.4 is 9.64 Å². The van der Waals surface area contributed by atoms with Crippen LogP contribution >= 0.6 is 0 Å². The second kappa shape index (κ2) is 15.4. The normalized spacial score (nSPS) is 14.4. The highest BCUT2D eigenvalue weighted by Crippen LogP contribution is 2.65. The van der Waals surface area contributed by atoms with Crippen LogP contribution in [0.15, 0.2) is 261 Å². The van der Waals surface area contributed by atoms with E-state index in [9.17, 15) is 0 Å². The molecule has 1 spiro atoms. The van der Waals surface area contributed by atoms with Crippen molar-refractivity contribution in [3.63, 3.8) is 0 Å². The van der Waals surface area contributed by atoms with Crippen LogP contribution in [0.25, 0.3) is 88.3 Å². The molecule has 12 aromatic rings. The van der Waals surface area contributed by atoms with E-state index >= 15 is 0 Å². The van der Waals surface area contributed by atoms with E-state index in [-0.39, 0.29) is 0 Å². The maximum atomic E-state index is 6.86. The highest BCUT2D eigenvalue weighted by Gasteiger charge is 2.51. The predicted octanol–water partition coefficient (Wildman–Crippen LogP) is 18.6. The molecular formula is C69H43NO. The van der Waals surface area contributed by atoms with Gasteiger partial charge in [-0.15, -0.1) is 0 Å². The third-order valence-electron chi connectivity index (χ3n) is 15.5. The molecule has 2 aliphatic carbocycles. The van der Waals surface area contributed by atoms with Crippen LogP contribution in [0.2, 0.25) is 0 Å². The van der Waals surface area contributed by atoms with Crippen molar-refractivity contribution >= 4 is 38.6 Å². The number of anilines is 3. The second-order valence-electron chi connectivity index (χ2n) is 19.0. The summed E-state index contributed by atoms with van der Waals surface area (Å²) in [6, 6.07) is 96.5. The number of fused-ring (bicyclic) bond motifs is 22. The fourth-order valence-electron chi connectivity index (χ4n) is 12.7. The summed E-state index contributed by atoms with van der Waals surface area (Å²) in [5, 5.41) is 5.08. The smallest absolute Gasteiger partial charge is 0.135 e. The van der Waals surface area contributed by atoms with Crippen molar-refractivity contribution in [3.05, 3.63) is 283 Å². The average molecular weight is 902 g/mol. The van der Waals surface area contributed by atoms with Gasteiger partial charge in [0.2, 0.25) is 0 Å². The number of para-hydroxylation sites is 2. The second-order valence-corrected chi connectivity index (χ2v) is 19.0. The van der Waals surface area contributed by atoms with E-state index in [2.05, 4.69) is 266 Å². The summed E-state index contributed by atoms with van der Waals surface area (Å²) in [6.45, 7) is 0. The van der Waals surface area contributed by atoms with Crippen LogP contribution in [-0.4, -0.2) is 0 Å². The lowest BCUT2D eigenvalue weighted by Gasteiger charge is -2.37. The number of ether oxygens (including phenoxy) is 1. The molecular weight excluding hydrogens is 859 g/mol. The molecule has 1 unspecified atom stereocenters. The number of benzene rings is 12. The van der Waals surface area contributed by atoms with Crippen molar-refractivity contribution in [1.29, 1.82) is 0 Å². The predicted molar refractivity (Wildman–Crippen MR) is 294 cm³/mol. The third-order valence-corrected chi connectivity index (χ3v) is 15.5. The van der Waals surface area contributed by atoms with Crippen LogP contribution in [0.5, 0.6) is 11.5 Å². The Morgan fingerprint density at radius 1 is 0.282 bits per heavy atom. The summed E-state index contributed by atoms with van der Waals surface area (Å²) in [6.07, 6.45) is 0. The van der Waals surface area contributed by atoms with Gasteiger partial charge in [0.1, 0.15) is 11.5 Å². The Bertz CT molecular complexity index is 4170. The molecule has 15 rings (SSSR count). The fourth-order valence-corrected chi connectivity index (χ4v) is 12.7. The van der Waals surface area contributed by atoms with E-state index < -0.39 is 5.41 Å². The maximum absolute atomic E-state index is 6.86. The Balaban J connectivity index is 1.08. The van der Waals surface area contributed by atoms with E-state index in [4.69, 9.17) is 4.74 Å². The number of rotatable bonds is 4. The Hall–Kier alpha value is -9.24. The average Bonchev–Trinajstić information content (AvgIpc) is 3.62. The lowest BCUT2D eigenvalue weighted by Crippen LogP contribution is -2.30. The van der Waals surface area contributed by atoms with Gasteiger partial charge in [0.05, 0.1) is 11.1 Å². The molecule has 71 heavy (non-hydrogen) atoms. The van der Waals surface area contributed by atoms with Crippen LogP contribution in [0, 0.1) is 0 Å². The Morgan fingerprint density at radius 2 is 0.746 bits per heavy atom. The van der Waals surface area contributed by atoms with Gasteiger partial charge in [0, 0.05) is 28.1 Å². The largest absolute Gasteiger partial charge is 0.456 e. The van der Waals surface area contributed by atoms with Gasteiger partial charge in [0.25, 0.3) is 0 Å². The first-order chi connectivity index (χ1) is 35.3. The molecule has 0 fully saturated rings. The molecule has 0 amide bonds. The summed E-state index contributed by atoms with van der Waals surface area (Å²) in [5.41, 5.74) is 21.8. The molecule has 1 aliphatic heterocycles. The highest BCUT2D eigenvalue weighted by atomic mass is 16.5. The van der Waals surface area contributed by atoms with E-state index in [1.165, 1.54) is 77.2 Å². The lowest BCUT2D eigenvalue weighted by atomic mass is 9.64. The first-order valence-corrected chi connectivity index (χ1v) is 24.6. The van der Waals surface area contributed by atoms with Gasteiger partial charge in [-0.3, -0.25) is 0 Å². The fraction of sp³-hybridized carbons (Fsp3) is 0.0145. The van der Waals surface area contributed by atoms with Gasteiger partial charge in [-0.05, 0) is 136 Å². The minimum atomic E-state index is -0.729. The molecule has 330 valence electrons. The minimum Gasteiger partial charge on any atom is -0.456 e. The molecule has 0 N–H and O–H groups in total. The molecule has 0 aromatic heterocycles. The van der Waals surface area contributed by atoms with Crippen molar-refractivity contribution < 1.29 is 4.74 Å². The van der Waals surface area contributed by atoms with Crippen molar-refractivity contribution in [3.8, 4) is 78.3 Å². The van der Waals surface area contributed by atoms with E-state index in [0.717, 1.165) is 61.9 Å². The van der Waals surface area contributed by atoms with Crippen LogP contribution in [0.4, 0.5) is 17.1 Å². The van der Waals surface area contributed by atoms with Gasteiger partial charge in [-0.1, -0.05) is 218 Å². The van der Waals surface area contributed by atoms with Gasteiger partial charge >= 0.3 is 0 Å². The quantitative estimate of drug-likeness (QED) is 0.163. The van der Waals surface area contributed by atoms with Crippen molar-refractivity contribution in [2.45, 2.75) is 5.41 Å². The topological polar surface area (TPSA) is 12.5 Å². The number of hydrogen-bond donors (Lipinski definition) is 0. The van der Waals surface area contributed by atoms with Crippen molar-refractivity contribution in [2.24, 2.45) is 0 Å². The van der Waals surface area contributed by atoms with Gasteiger partial charge in [-0.25, -0.2) is 0 Å².